The number of ether oxygens (including phenoxy) is 2. The van der Waals surface area contributed by atoms with Gasteiger partial charge in [0.1, 0.15) is 5.75 Å². The van der Waals surface area contributed by atoms with Gasteiger partial charge < -0.3 is 14.8 Å². The zero-order chi connectivity index (χ0) is 18.3. The van der Waals surface area contributed by atoms with E-state index in [-0.39, 0.29) is 18.2 Å². The van der Waals surface area contributed by atoms with E-state index in [4.69, 9.17) is 4.74 Å². The van der Waals surface area contributed by atoms with Crippen LogP contribution in [0.2, 0.25) is 0 Å². The summed E-state index contributed by atoms with van der Waals surface area (Å²) in [6, 6.07) is 13.1. The van der Waals surface area contributed by atoms with Crippen LogP contribution in [0, 0.1) is 0 Å². The van der Waals surface area contributed by atoms with Gasteiger partial charge in [0.25, 0.3) is 5.91 Å². The van der Waals surface area contributed by atoms with Crippen molar-refractivity contribution in [2.24, 2.45) is 0 Å². The zero-order valence-electron chi connectivity index (χ0n) is 13.6. The maximum absolute atomic E-state index is 12.2. The molecule has 1 amide bonds. The fraction of sp³-hybridized carbons (Fsp3) is 0.278. The molecule has 0 aromatic heterocycles. The van der Waals surface area contributed by atoms with Crippen LogP contribution in [-0.4, -0.2) is 25.8 Å². The van der Waals surface area contributed by atoms with Gasteiger partial charge in [0.15, 0.2) is 6.61 Å². The molecule has 2 rings (SSSR count). The van der Waals surface area contributed by atoms with E-state index in [1.54, 1.807) is 43.5 Å². The number of hydrogen-bond acceptors (Lipinski definition) is 3. The Morgan fingerprint density at radius 3 is 2.44 bits per heavy atom. The molecule has 0 fully saturated rings. The van der Waals surface area contributed by atoms with Gasteiger partial charge in [-0.1, -0.05) is 24.3 Å². The Balaban J connectivity index is 1.90. The molecule has 0 bridgehead atoms. The molecule has 0 radical (unpaired) electrons. The summed E-state index contributed by atoms with van der Waals surface area (Å²) in [5.41, 5.74) is 2.09. The van der Waals surface area contributed by atoms with Gasteiger partial charge >= 0.3 is 6.18 Å². The Hall–Kier alpha value is -2.54. The van der Waals surface area contributed by atoms with Crippen molar-refractivity contribution < 1.29 is 27.4 Å². The summed E-state index contributed by atoms with van der Waals surface area (Å²) in [5, 5.41) is 2.72. The third-order valence-corrected chi connectivity index (χ3v) is 3.28. The third kappa shape index (κ3) is 6.46. The van der Waals surface area contributed by atoms with E-state index in [9.17, 15) is 18.0 Å². The first kappa shape index (κ1) is 18.8. The topological polar surface area (TPSA) is 47.6 Å². The molecule has 2 aromatic carbocycles. The van der Waals surface area contributed by atoms with Crippen LogP contribution in [0.4, 0.5) is 13.2 Å². The van der Waals surface area contributed by atoms with Crippen molar-refractivity contribution in [2.75, 3.05) is 13.7 Å². The summed E-state index contributed by atoms with van der Waals surface area (Å²) >= 11 is 0. The summed E-state index contributed by atoms with van der Waals surface area (Å²) < 4.78 is 46.2. The lowest BCUT2D eigenvalue weighted by molar-refractivity contribution is -0.153. The number of amides is 1. The number of alkyl halides is 3. The van der Waals surface area contributed by atoms with Crippen molar-refractivity contribution in [1.29, 1.82) is 0 Å². The number of rotatable bonds is 7. The van der Waals surface area contributed by atoms with E-state index in [0.29, 0.717) is 17.7 Å². The van der Waals surface area contributed by atoms with Gasteiger partial charge in [0, 0.05) is 19.2 Å². The average Bonchev–Trinajstić information content (AvgIpc) is 2.59. The molecule has 0 aliphatic carbocycles. The molecule has 0 aliphatic rings. The Morgan fingerprint density at radius 1 is 1.08 bits per heavy atom. The van der Waals surface area contributed by atoms with E-state index >= 15 is 0 Å². The number of methoxy groups -OCH3 is 1. The first-order valence-electron chi connectivity index (χ1n) is 7.52. The van der Waals surface area contributed by atoms with Crippen LogP contribution in [0.1, 0.15) is 21.5 Å². The van der Waals surface area contributed by atoms with Crippen LogP contribution in [0.15, 0.2) is 48.5 Å². The van der Waals surface area contributed by atoms with Gasteiger partial charge in [0.2, 0.25) is 0 Å². The molecular formula is C18H18F3NO3. The highest BCUT2D eigenvalue weighted by Gasteiger charge is 2.28. The van der Waals surface area contributed by atoms with Crippen molar-refractivity contribution in [1.82, 2.24) is 5.32 Å². The van der Waals surface area contributed by atoms with Gasteiger partial charge in [-0.2, -0.15) is 13.2 Å². The predicted molar refractivity (Wildman–Crippen MR) is 86.3 cm³/mol. The molecule has 7 heteroatoms. The standard InChI is InChI=1S/C18H18F3NO3/c1-24-11-13-5-7-15(8-6-13)17(23)22-10-14-3-2-4-16(9-14)25-12-18(19,20)21/h2-9H,10-12H2,1H3,(H,22,23). The molecule has 25 heavy (non-hydrogen) atoms. The summed E-state index contributed by atoms with van der Waals surface area (Å²) in [7, 11) is 1.59. The van der Waals surface area contributed by atoms with Gasteiger partial charge in [-0.05, 0) is 35.4 Å². The molecule has 0 aliphatic heterocycles. The number of carbonyl (C=O) groups is 1. The molecule has 0 saturated carbocycles. The fourth-order valence-electron chi connectivity index (χ4n) is 2.11. The Bertz CT molecular complexity index is 699. The van der Waals surface area contributed by atoms with E-state index < -0.39 is 12.8 Å². The molecule has 0 saturated heterocycles. The molecule has 0 unspecified atom stereocenters. The van der Waals surface area contributed by atoms with Gasteiger partial charge in [-0.3, -0.25) is 4.79 Å². The number of carbonyl (C=O) groups excluding carboxylic acids is 1. The van der Waals surface area contributed by atoms with Crippen LogP contribution in [0.5, 0.6) is 5.75 Å². The maximum atomic E-state index is 12.2. The Labute approximate surface area is 143 Å². The van der Waals surface area contributed by atoms with Crippen LogP contribution in [0.25, 0.3) is 0 Å². The largest absolute Gasteiger partial charge is 0.484 e. The maximum Gasteiger partial charge on any atom is 0.422 e. The molecule has 4 nitrogen and oxygen atoms in total. The van der Waals surface area contributed by atoms with E-state index in [1.807, 2.05) is 0 Å². The first-order valence-corrected chi connectivity index (χ1v) is 7.52. The highest BCUT2D eigenvalue weighted by molar-refractivity contribution is 5.94. The Morgan fingerprint density at radius 2 is 1.80 bits per heavy atom. The molecule has 0 spiro atoms. The molecule has 0 heterocycles. The lowest BCUT2D eigenvalue weighted by Crippen LogP contribution is -2.23. The third-order valence-electron chi connectivity index (χ3n) is 3.28. The normalized spacial score (nSPS) is 11.2. The zero-order valence-corrected chi connectivity index (χ0v) is 13.6. The molecule has 2 aromatic rings. The number of halogens is 3. The van der Waals surface area contributed by atoms with E-state index in [2.05, 4.69) is 10.1 Å². The van der Waals surface area contributed by atoms with Crippen molar-refractivity contribution in [3.8, 4) is 5.75 Å². The smallest absolute Gasteiger partial charge is 0.422 e. The second kappa shape index (κ2) is 8.53. The van der Waals surface area contributed by atoms with E-state index in [0.717, 1.165) is 5.56 Å². The summed E-state index contributed by atoms with van der Waals surface area (Å²) in [6.07, 6.45) is -4.39. The monoisotopic (exact) mass is 353 g/mol. The summed E-state index contributed by atoms with van der Waals surface area (Å²) in [6.45, 7) is -0.703. The van der Waals surface area contributed by atoms with Gasteiger partial charge in [-0.25, -0.2) is 0 Å². The minimum absolute atomic E-state index is 0.105. The van der Waals surface area contributed by atoms with E-state index in [1.165, 1.54) is 12.1 Å². The first-order chi connectivity index (χ1) is 11.9. The van der Waals surface area contributed by atoms with Crippen LogP contribution in [-0.2, 0) is 17.9 Å². The summed E-state index contributed by atoms with van der Waals surface area (Å²) in [4.78, 5) is 12.1. The highest BCUT2D eigenvalue weighted by Crippen LogP contribution is 2.19. The number of hydrogen-bond donors (Lipinski definition) is 1. The highest BCUT2D eigenvalue weighted by atomic mass is 19.4. The van der Waals surface area contributed by atoms with Crippen molar-refractivity contribution in [2.45, 2.75) is 19.3 Å². The van der Waals surface area contributed by atoms with Crippen LogP contribution in [0.3, 0.4) is 0 Å². The number of benzene rings is 2. The minimum Gasteiger partial charge on any atom is -0.484 e. The van der Waals surface area contributed by atoms with Crippen molar-refractivity contribution in [3.05, 3.63) is 65.2 Å². The van der Waals surface area contributed by atoms with Gasteiger partial charge in [0.05, 0.1) is 6.61 Å². The second-order valence-corrected chi connectivity index (χ2v) is 5.36. The predicted octanol–water partition coefficient (Wildman–Crippen LogP) is 3.70. The van der Waals surface area contributed by atoms with Crippen LogP contribution < -0.4 is 10.1 Å². The minimum atomic E-state index is -4.39. The molecular weight excluding hydrogens is 335 g/mol. The average molecular weight is 353 g/mol. The van der Waals surface area contributed by atoms with Crippen LogP contribution >= 0.6 is 0 Å². The number of nitrogens with one attached hydrogen (secondary N) is 1. The summed E-state index contributed by atoms with van der Waals surface area (Å²) in [5.74, 6) is -0.168. The lowest BCUT2D eigenvalue weighted by atomic mass is 10.1. The molecule has 0 atom stereocenters. The Kier molecular flexibility index (Phi) is 6.41. The SMILES string of the molecule is COCc1ccc(C(=O)NCc2cccc(OCC(F)(F)F)c2)cc1. The fourth-order valence-corrected chi connectivity index (χ4v) is 2.11. The van der Waals surface area contributed by atoms with Crippen molar-refractivity contribution >= 4 is 5.91 Å². The molecule has 134 valence electrons. The van der Waals surface area contributed by atoms with Gasteiger partial charge in [-0.15, -0.1) is 0 Å². The lowest BCUT2D eigenvalue weighted by Gasteiger charge is -2.11. The second-order valence-electron chi connectivity index (χ2n) is 5.36. The molecule has 1 N–H and O–H groups in total. The quantitative estimate of drug-likeness (QED) is 0.826. The van der Waals surface area contributed by atoms with Crippen molar-refractivity contribution in [3.63, 3.8) is 0 Å².